The van der Waals surface area contributed by atoms with Gasteiger partial charge in [0.1, 0.15) is 48.8 Å². The van der Waals surface area contributed by atoms with E-state index in [1.54, 1.807) is 6.08 Å². The van der Waals surface area contributed by atoms with Gasteiger partial charge in [-0.1, -0.05) is 95.2 Å². The number of aliphatic hydroxyl groups is 8. The molecule has 308 valence electrons. The lowest BCUT2D eigenvalue weighted by atomic mass is 9.97. The molecule has 0 aliphatic carbocycles. The minimum absolute atomic E-state index is 0.266. The Morgan fingerprint density at radius 1 is 0.660 bits per heavy atom. The van der Waals surface area contributed by atoms with Gasteiger partial charge in [-0.25, -0.2) is 0 Å². The summed E-state index contributed by atoms with van der Waals surface area (Å²) in [6, 6.07) is -0.929. The van der Waals surface area contributed by atoms with Crippen molar-refractivity contribution < 1.29 is 64.6 Å². The third kappa shape index (κ3) is 17.3. The van der Waals surface area contributed by atoms with Crippen LogP contribution >= 0.6 is 0 Å². The number of aliphatic hydroxyl groups excluding tert-OH is 8. The van der Waals surface area contributed by atoms with Gasteiger partial charge in [0.25, 0.3) is 0 Å². The molecule has 0 aromatic heterocycles. The maximum atomic E-state index is 12.9. The number of amides is 1. The highest BCUT2D eigenvalue weighted by molar-refractivity contribution is 5.76. The molecule has 14 nitrogen and oxygen atoms in total. The Kier molecular flexibility index (Phi) is 24.8. The fourth-order valence-electron chi connectivity index (χ4n) is 6.20. The van der Waals surface area contributed by atoms with Gasteiger partial charge in [0.15, 0.2) is 12.6 Å². The Labute approximate surface area is 315 Å². The van der Waals surface area contributed by atoms with Crippen molar-refractivity contribution in [3.63, 3.8) is 0 Å². The Morgan fingerprint density at radius 2 is 1.21 bits per heavy atom. The van der Waals surface area contributed by atoms with E-state index in [2.05, 4.69) is 43.5 Å². The molecule has 2 fully saturated rings. The van der Waals surface area contributed by atoms with Crippen LogP contribution < -0.4 is 5.32 Å². The zero-order valence-electron chi connectivity index (χ0n) is 31.7. The number of unbranched alkanes of at least 4 members (excludes halogenated alkanes) is 10. The second kappa shape index (κ2) is 27.7. The number of hydrogen-bond donors (Lipinski definition) is 9. The summed E-state index contributed by atoms with van der Waals surface area (Å²) < 4.78 is 22.4. The summed E-state index contributed by atoms with van der Waals surface area (Å²) in [6.07, 6.45) is 9.60. The van der Waals surface area contributed by atoms with Crippen molar-refractivity contribution in [3.8, 4) is 0 Å². The first-order valence-electron chi connectivity index (χ1n) is 19.7. The third-order valence-corrected chi connectivity index (χ3v) is 9.56. The van der Waals surface area contributed by atoms with Crippen molar-refractivity contribution in [1.82, 2.24) is 5.32 Å². The molecule has 0 bridgehead atoms. The van der Waals surface area contributed by atoms with E-state index in [0.29, 0.717) is 12.8 Å². The first-order chi connectivity index (χ1) is 25.6. The summed E-state index contributed by atoms with van der Waals surface area (Å²) in [6.45, 7) is 2.59. The molecule has 14 heteroatoms. The highest BCUT2D eigenvalue weighted by Crippen LogP contribution is 2.29. The van der Waals surface area contributed by atoms with E-state index < -0.39 is 86.8 Å². The lowest BCUT2D eigenvalue weighted by molar-refractivity contribution is -0.359. The zero-order valence-corrected chi connectivity index (χ0v) is 31.7. The molecule has 0 aromatic carbocycles. The van der Waals surface area contributed by atoms with Gasteiger partial charge in [-0.15, -0.1) is 0 Å². The largest absolute Gasteiger partial charge is 0.394 e. The molecule has 0 aromatic rings. The van der Waals surface area contributed by atoms with Crippen molar-refractivity contribution >= 4 is 5.91 Å². The predicted octanol–water partition coefficient (Wildman–Crippen LogP) is 2.03. The molecule has 0 radical (unpaired) electrons. The third-order valence-electron chi connectivity index (χ3n) is 9.56. The first-order valence-corrected chi connectivity index (χ1v) is 19.7. The smallest absolute Gasteiger partial charge is 0.220 e. The van der Waals surface area contributed by atoms with Crippen LogP contribution in [0.15, 0.2) is 36.5 Å². The average molecular weight is 760 g/mol. The lowest BCUT2D eigenvalue weighted by Crippen LogP contribution is -2.65. The Bertz CT molecular complexity index is 1040. The van der Waals surface area contributed by atoms with Crippen molar-refractivity contribution in [1.29, 1.82) is 0 Å². The maximum Gasteiger partial charge on any atom is 0.220 e. The monoisotopic (exact) mass is 759 g/mol. The molecule has 0 saturated carbocycles. The molecular formula is C39H69NO13. The highest BCUT2D eigenvalue weighted by Gasteiger charge is 2.50. The van der Waals surface area contributed by atoms with Gasteiger partial charge in [-0.3, -0.25) is 4.79 Å². The fraction of sp³-hybridized carbons (Fsp3) is 0.821. The van der Waals surface area contributed by atoms with Gasteiger partial charge in [-0.2, -0.15) is 0 Å². The molecule has 2 aliphatic heterocycles. The molecule has 12 unspecified atom stereocenters. The van der Waals surface area contributed by atoms with Gasteiger partial charge in [0.2, 0.25) is 5.91 Å². The van der Waals surface area contributed by atoms with Crippen molar-refractivity contribution in [2.24, 2.45) is 0 Å². The molecular weight excluding hydrogens is 690 g/mol. The van der Waals surface area contributed by atoms with Crippen molar-refractivity contribution in [3.05, 3.63) is 36.5 Å². The minimum Gasteiger partial charge on any atom is -0.394 e. The van der Waals surface area contributed by atoms with E-state index in [9.17, 15) is 45.6 Å². The van der Waals surface area contributed by atoms with Crippen LogP contribution in [-0.2, 0) is 23.7 Å². The highest BCUT2D eigenvalue weighted by atomic mass is 16.7. The molecule has 2 aliphatic rings. The Morgan fingerprint density at radius 3 is 1.85 bits per heavy atom. The van der Waals surface area contributed by atoms with Gasteiger partial charge in [0.05, 0.1) is 32.0 Å². The molecule has 9 N–H and O–H groups in total. The van der Waals surface area contributed by atoms with Crippen LogP contribution in [0, 0.1) is 0 Å². The SMILES string of the molecule is CCCCC/C=C/CC/C=C/CC/C=C/C(O)C(COC1OC(CO)C(OC2OC(CO)C(O)C(O)C2O)C(O)C1O)NC(=O)CCCCCCCC. The van der Waals surface area contributed by atoms with Crippen molar-refractivity contribution in [2.45, 2.75) is 184 Å². The van der Waals surface area contributed by atoms with Gasteiger partial charge >= 0.3 is 0 Å². The van der Waals surface area contributed by atoms with E-state index in [-0.39, 0.29) is 18.9 Å². The molecule has 2 saturated heterocycles. The van der Waals surface area contributed by atoms with Crippen LogP contribution in [0.25, 0.3) is 0 Å². The number of carbonyl (C=O) groups is 1. The summed E-state index contributed by atoms with van der Waals surface area (Å²) >= 11 is 0. The maximum absolute atomic E-state index is 12.9. The summed E-state index contributed by atoms with van der Waals surface area (Å²) in [5, 5.41) is 85.8. The van der Waals surface area contributed by atoms with Crippen molar-refractivity contribution in [2.75, 3.05) is 19.8 Å². The molecule has 0 spiro atoms. The number of nitrogens with one attached hydrogen (secondary N) is 1. The fourth-order valence-corrected chi connectivity index (χ4v) is 6.20. The second-order valence-electron chi connectivity index (χ2n) is 14.0. The van der Waals surface area contributed by atoms with Crippen LogP contribution in [0.5, 0.6) is 0 Å². The lowest BCUT2D eigenvalue weighted by Gasteiger charge is -2.46. The summed E-state index contributed by atoms with van der Waals surface area (Å²) in [5.74, 6) is -0.268. The van der Waals surface area contributed by atoms with Gasteiger partial charge in [0, 0.05) is 6.42 Å². The Hall–Kier alpha value is -1.79. The number of carbonyl (C=O) groups excluding carboxylic acids is 1. The zero-order chi connectivity index (χ0) is 39.0. The molecule has 12 atom stereocenters. The summed E-state index contributed by atoms with van der Waals surface area (Å²) in [7, 11) is 0. The quantitative estimate of drug-likeness (QED) is 0.0432. The van der Waals surface area contributed by atoms with E-state index >= 15 is 0 Å². The summed E-state index contributed by atoms with van der Waals surface area (Å²) in [4.78, 5) is 12.9. The van der Waals surface area contributed by atoms with E-state index in [0.717, 1.165) is 57.8 Å². The predicted molar refractivity (Wildman–Crippen MR) is 198 cm³/mol. The van der Waals surface area contributed by atoms with Crippen LogP contribution in [0.2, 0.25) is 0 Å². The van der Waals surface area contributed by atoms with Crippen LogP contribution in [0.4, 0.5) is 0 Å². The minimum atomic E-state index is -1.79. The average Bonchev–Trinajstić information content (AvgIpc) is 3.15. The standard InChI is InChI=1S/C39H69NO13/c1-3-5-7-9-11-12-13-14-15-16-17-18-20-22-28(43)27(40-31(44)23-21-19-10-8-6-4-2)26-50-38-36(49)34(47)37(30(25-42)52-38)53-39-35(48)33(46)32(45)29(24-41)51-39/h11-12,15-16,20,22,27-30,32-39,41-43,45-49H,3-10,13-14,17-19,21,23-26H2,1-2H3,(H,40,44)/b12-11+,16-15+,22-20+. The Balaban J connectivity index is 1.98. The van der Waals surface area contributed by atoms with E-state index in [4.69, 9.17) is 18.9 Å². The number of allylic oxidation sites excluding steroid dienone is 5. The summed E-state index contributed by atoms with van der Waals surface area (Å²) in [5.41, 5.74) is 0. The van der Waals surface area contributed by atoms with E-state index in [1.807, 2.05) is 6.08 Å². The van der Waals surface area contributed by atoms with Gasteiger partial charge in [-0.05, 0) is 44.9 Å². The van der Waals surface area contributed by atoms with E-state index in [1.165, 1.54) is 19.3 Å². The number of rotatable bonds is 27. The number of hydrogen-bond acceptors (Lipinski definition) is 13. The molecule has 53 heavy (non-hydrogen) atoms. The second-order valence-corrected chi connectivity index (χ2v) is 14.0. The van der Waals surface area contributed by atoms with Crippen LogP contribution in [0.1, 0.15) is 110 Å². The molecule has 2 heterocycles. The molecule has 1 amide bonds. The van der Waals surface area contributed by atoms with Crippen LogP contribution in [0.3, 0.4) is 0 Å². The first kappa shape index (κ1) is 47.4. The normalized spacial score (nSPS) is 30.8. The van der Waals surface area contributed by atoms with Gasteiger partial charge < -0.3 is 65.1 Å². The van der Waals surface area contributed by atoms with Crippen LogP contribution in [-0.4, -0.2) is 140 Å². The number of ether oxygens (including phenoxy) is 4. The molecule has 2 rings (SSSR count). The topological polar surface area (TPSA) is 228 Å².